The van der Waals surface area contributed by atoms with Crippen LogP contribution in [-0.4, -0.2) is 77.9 Å². The van der Waals surface area contributed by atoms with Gasteiger partial charge in [-0.05, 0) is 30.7 Å². The van der Waals surface area contributed by atoms with Crippen LogP contribution in [0.4, 0.5) is 4.39 Å². The van der Waals surface area contributed by atoms with Gasteiger partial charge in [0.2, 0.25) is 0 Å². The van der Waals surface area contributed by atoms with Crippen LogP contribution >= 0.6 is 0 Å². The van der Waals surface area contributed by atoms with E-state index in [1.807, 2.05) is 23.3 Å². The molecule has 2 aliphatic heterocycles. The van der Waals surface area contributed by atoms with E-state index in [0.717, 1.165) is 5.57 Å². The molecule has 4 rings (SSSR count). The van der Waals surface area contributed by atoms with Crippen LogP contribution in [0.15, 0.2) is 53.3 Å². The van der Waals surface area contributed by atoms with Gasteiger partial charge in [-0.1, -0.05) is 23.4 Å². The lowest BCUT2D eigenvalue weighted by molar-refractivity contribution is -0.169. The van der Waals surface area contributed by atoms with E-state index in [1.54, 1.807) is 26.1 Å². The molecule has 2 amide bonds. The zero-order chi connectivity index (χ0) is 27.2. The average molecular weight is 525 g/mol. The van der Waals surface area contributed by atoms with Gasteiger partial charge < -0.3 is 19.8 Å². The predicted molar refractivity (Wildman–Crippen MR) is 135 cm³/mol. The van der Waals surface area contributed by atoms with E-state index in [9.17, 15) is 14.0 Å². The zero-order valence-electron chi connectivity index (χ0n) is 21.6. The second kappa shape index (κ2) is 11.8. The fourth-order valence-electron chi connectivity index (χ4n) is 3.93. The van der Waals surface area contributed by atoms with Gasteiger partial charge in [0.25, 0.3) is 11.8 Å². The van der Waals surface area contributed by atoms with Gasteiger partial charge in [0.15, 0.2) is 17.7 Å². The number of rotatable bonds is 9. The van der Waals surface area contributed by atoms with Crippen molar-refractivity contribution in [2.75, 3.05) is 34.4 Å². The zero-order valence-corrected chi connectivity index (χ0v) is 21.6. The van der Waals surface area contributed by atoms with Gasteiger partial charge >= 0.3 is 0 Å². The van der Waals surface area contributed by atoms with Crippen molar-refractivity contribution >= 4 is 17.5 Å². The number of hydrogen-bond donors (Lipinski definition) is 1. The fourth-order valence-corrected chi connectivity index (χ4v) is 3.93. The maximum Gasteiger partial charge on any atom is 0.270 e. The lowest BCUT2D eigenvalue weighted by Gasteiger charge is -2.25. The Labute approximate surface area is 219 Å². The number of aryl methyl sites for hydroxylation is 1. The molecule has 38 heavy (non-hydrogen) atoms. The van der Waals surface area contributed by atoms with Gasteiger partial charge in [-0.3, -0.25) is 14.4 Å². The monoisotopic (exact) mass is 524 g/mol. The first kappa shape index (κ1) is 26.7. The Bertz CT molecular complexity index is 1310. The van der Waals surface area contributed by atoms with Gasteiger partial charge in [0.05, 0.1) is 26.5 Å². The molecule has 2 aliphatic rings. The second-order valence-corrected chi connectivity index (χ2v) is 8.71. The summed E-state index contributed by atoms with van der Waals surface area (Å²) in [4.78, 5) is 46.2. The molecule has 1 unspecified atom stereocenters. The molecule has 11 nitrogen and oxygen atoms in total. The number of nitrogens with one attached hydrogen (secondary N) is 1. The molecule has 1 atom stereocenters. The van der Waals surface area contributed by atoms with Crippen molar-refractivity contribution in [1.82, 2.24) is 25.2 Å². The number of carbonyl (C=O) groups is 2. The minimum atomic E-state index is -0.476. The number of oxime groups is 1. The Morgan fingerprint density at radius 1 is 1.26 bits per heavy atom. The van der Waals surface area contributed by atoms with E-state index >= 15 is 0 Å². The highest BCUT2D eigenvalue weighted by molar-refractivity contribution is 6.02. The van der Waals surface area contributed by atoms with Crippen LogP contribution in [0.5, 0.6) is 5.75 Å². The lowest BCUT2D eigenvalue weighted by atomic mass is 10.0. The van der Waals surface area contributed by atoms with Crippen LogP contribution in [-0.2, 0) is 21.0 Å². The van der Waals surface area contributed by atoms with Crippen molar-refractivity contribution in [2.45, 2.75) is 26.0 Å². The predicted octanol–water partition coefficient (Wildman–Crippen LogP) is 2.13. The van der Waals surface area contributed by atoms with E-state index in [4.69, 9.17) is 14.4 Å². The number of likely N-dealkylation sites (N-methyl/N-ethyl adjacent to an activating group) is 1. The Balaban J connectivity index is 1.40. The van der Waals surface area contributed by atoms with Crippen molar-refractivity contribution in [3.8, 4) is 5.75 Å². The first-order chi connectivity index (χ1) is 18.3. The summed E-state index contributed by atoms with van der Waals surface area (Å²) in [6.45, 7) is 2.60. The maximum atomic E-state index is 13.6. The minimum absolute atomic E-state index is 0.102. The normalized spacial score (nSPS) is 16.4. The number of ether oxygens (including phenoxy) is 1. The van der Waals surface area contributed by atoms with Crippen LogP contribution in [0.25, 0.3) is 0 Å². The number of aromatic nitrogens is 2. The molecule has 2 aromatic rings. The van der Waals surface area contributed by atoms with E-state index < -0.39 is 11.7 Å². The molecule has 0 fully saturated rings. The van der Waals surface area contributed by atoms with Gasteiger partial charge in [-0.15, -0.1) is 0 Å². The molecule has 0 spiro atoms. The largest absolute Gasteiger partial charge is 0.494 e. The number of benzene rings is 1. The van der Waals surface area contributed by atoms with E-state index in [-0.39, 0.29) is 36.5 Å². The van der Waals surface area contributed by atoms with Crippen molar-refractivity contribution in [2.24, 2.45) is 5.16 Å². The third-order valence-corrected chi connectivity index (χ3v) is 6.02. The van der Waals surface area contributed by atoms with Gasteiger partial charge in [0.1, 0.15) is 17.2 Å². The summed E-state index contributed by atoms with van der Waals surface area (Å²) < 4.78 is 18.6. The fraction of sp³-hybridized carbons (Fsp3) is 0.346. The number of halogens is 1. The number of hydrogen-bond acceptors (Lipinski definition) is 9. The van der Waals surface area contributed by atoms with Gasteiger partial charge in [0, 0.05) is 38.3 Å². The summed E-state index contributed by atoms with van der Waals surface area (Å²) in [7, 11) is 4.38. The first-order valence-corrected chi connectivity index (χ1v) is 11.9. The van der Waals surface area contributed by atoms with Crippen molar-refractivity contribution in [3.05, 3.63) is 76.8 Å². The van der Waals surface area contributed by atoms with E-state index in [0.29, 0.717) is 35.8 Å². The molecular formula is C26H29FN6O5. The Morgan fingerprint density at radius 2 is 2.08 bits per heavy atom. The average Bonchev–Trinajstić information content (AvgIpc) is 3.42. The Hall–Kier alpha value is -4.32. The van der Waals surface area contributed by atoms with Gasteiger partial charge in [-0.2, -0.15) is 0 Å². The minimum Gasteiger partial charge on any atom is -0.494 e. The number of methoxy groups -OCH3 is 1. The molecule has 0 saturated carbocycles. The molecule has 0 radical (unpaired) electrons. The summed E-state index contributed by atoms with van der Waals surface area (Å²) in [6, 6.07) is 5.95. The molecule has 200 valence electrons. The third kappa shape index (κ3) is 6.32. The quantitative estimate of drug-likeness (QED) is 0.496. The number of amides is 2. The molecule has 12 heteroatoms. The third-order valence-electron chi connectivity index (χ3n) is 6.02. The molecule has 1 aromatic heterocycles. The summed E-state index contributed by atoms with van der Waals surface area (Å²) >= 11 is 0. The van der Waals surface area contributed by atoms with Crippen LogP contribution in [0.2, 0.25) is 0 Å². The number of carbonyl (C=O) groups excluding carboxylic acids is 2. The highest BCUT2D eigenvalue weighted by atomic mass is 19.1. The van der Waals surface area contributed by atoms with Crippen LogP contribution in [0, 0.1) is 12.7 Å². The van der Waals surface area contributed by atoms with Gasteiger partial charge in [-0.25, -0.2) is 19.4 Å². The molecule has 3 heterocycles. The smallest absolute Gasteiger partial charge is 0.270 e. The van der Waals surface area contributed by atoms with Crippen molar-refractivity contribution < 1.29 is 28.4 Å². The first-order valence-electron chi connectivity index (χ1n) is 11.9. The highest BCUT2D eigenvalue weighted by Gasteiger charge is 2.28. The van der Waals surface area contributed by atoms with E-state index in [2.05, 4.69) is 20.4 Å². The van der Waals surface area contributed by atoms with Crippen LogP contribution in [0.1, 0.15) is 34.0 Å². The SMILES string of the molecule is COc1cc(CNC(=O)c2cc(C3=NOC(C4=CN(CC(=O)N(C)OC)CC=C4)C3)nc(C)n2)ccc1F. The summed E-state index contributed by atoms with van der Waals surface area (Å²) in [5, 5.41) is 8.17. The molecule has 1 aromatic carbocycles. The highest BCUT2D eigenvalue weighted by Crippen LogP contribution is 2.25. The standard InChI is InChI=1S/C26H29FN6O5/c1-16-29-20(11-22(30-16)26(35)28-13-17-7-8-19(27)24(10-17)36-3)21-12-23(38-31-21)18-6-5-9-33(14-18)15-25(34)32(2)37-4/h5-8,10-11,14,23H,9,12-13,15H2,1-4H3,(H,28,35). The van der Waals surface area contributed by atoms with E-state index in [1.165, 1.54) is 31.4 Å². The molecule has 0 saturated heterocycles. The molecule has 1 N–H and O–H groups in total. The number of nitrogens with zero attached hydrogens (tertiary/aromatic N) is 5. The Morgan fingerprint density at radius 3 is 2.84 bits per heavy atom. The number of hydroxylamine groups is 2. The van der Waals surface area contributed by atoms with Crippen LogP contribution < -0.4 is 10.1 Å². The van der Waals surface area contributed by atoms with Crippen molar-refractivity contribution in [3.63, 3.8) is 0 Å². The summed E-state index contributed by atoms with van der Waals surface area (Å²) in [6.07, 6.45) is 5.84. The summed E-state index contributed by atoms with van der Waals surface area (Å²) in [5.41, 5.74) is 2.79. The van der Waals surface area contributed by atoms with Crippen molar-refractivity contribution in [1.29, 1.82) is 0 Å². The topological polar surface area (TPSA) is 118 Å². The molecule has 0 aliphatic carbocycles. The molecular weight excluding hydrogens is 495 g/mol. The lowest BCUT2D eigenvalue weighted by Crippen LogP contribution is -2.36. The second-order valence-electron chi connectivity index (χ2n) is 8.71. The summed E-state index contributed by atoms with van der Waals surface area (Å²) in [5.74, 6) is -0.550. The van der Waals surface area contributed by atoms with Crippen LogP contribution in [0.3, 0.4) is 0 Å². The maximum absolute atomic E-state index is 13.6. The molecule has 0 bridgehead atoms. The Kier molecular flexibility index (Phi) is 8.31.